The molecule has 1 aromatic heterocycles. The van der Waals surface area contributed by atoms with Gasteiger partial charge in [-0.25, -0.2) is 9.78 Å². The van der Waals surface area contributed by atoms with Crippen LogP contribution in [0.1, 0.15) is 24.3 Å². The Morgan fingerprint density at radius 2 is 2.15 bits per heavy atom. The molecule has 106 valence electrons. The number of nitrogens with one attached hydrogen (secondary N) is 1. The van der Waals surface area contributed by atoms with Crippen molar-refractivity contribution in [2.24, 2.45) is 0 Å². The number of aromatic nitrogens is 1. The van der Waals surface area contributed by atoms with Crippen molar-refractivity contribution in [3.05, 3.63) is 36.0 Å². The Labute approximate surface area is 117 Å². The molecule has 2 rings (SSSR count). The van der Waals surface area contributed by atoms with E-state index in [0.717, 1.165) is 10.8 Å². The van der Waals surface area contributed by atoms with Crippen LogP contribution in [0.2, 0.25) is 0 Å². The van der Waals surface area contributed by atoms with Crippen molar-refractivity contribution >= 4 is 22.6 Å². The van der Waals surface area contributed by atoms with Gasteiger partial charge in [0.2, 0.25) is 0 Å². The number of rotatable bonds is 6. The maximum absolute atomic E-state index is 11.1. The van der Waals surface area contributed by atoms with Gasteiger partial charge in [0.15, 0.2) is 5.69 Å². The third-order valence-electron chi connectivity index (χ3n) is 2.81. The highest BCUT2D eigenvalue weighted by molar-refractivity contribution is 5.97. The Morgan fingerprint density at radius 3 is 2.85 bits per heavy atom. The summed E-state index contributed by atoms with van der Waals surface area (Å²) in [4.78, 5) is 15.3. The summed E-state index contributed by atoms with van der Waals surface area (Å²) in [6.45, 7) is 5.07. The Kier molecular flexibility index (Phi) is 4.53. The average molecular weight is 274 g/mol. The van der Waals surface area contributed by atoms with Crippen LogP contribution in [-0.2, 0) is 4.74 Å². The number of hydrogen-bond donors (Lipinski definition) is 2. The second-order valence-corrected chi connectivity index (χ2v) is 4.73. The number of hydrogen-bond acceptors (Lipinski definition) is 4. The molecule has 5 nitrogen and oxygen atoms in total. The van der Waals surface area contributed by atoms with E-state index < -0.39 is 5.97 Å². The monoisotopic (exact) mass is 274 g/mol. The summed E-state index contributed by atoms with van der Waals surface area (Å²) in [5, 5.41) is 14.0. The molecule has 0 aliphatic heterocycles. The van der Waals surface area contributed by atoms with Crippen molar-refractivity contribution < 1.29 is 14.6 Å². The van der Waals surface area contributed by atoms with Gasteiger partial charge in [-0.3, -0.25) is 0 Å². The number of carboxylic acid groups (broad SMARTS) is 1. The van der Waals surface area contributed by atoms with Gasteiger partial charge in [0.05, 0.1) is 12.7 Å². The molecule has 1 aromatic carbocycles. The van der Waals surface area contributed by atoms with Gasteiger partial charge in [0.25, 0.3) is 0 Å². The van der Waals surface area contributed by atoms with E-state index >= 15 is 0 Å². The quantitative estimate of drug-likeness (QED) is 0.792. The summed E-state index contributed by atoms with van der Waals surface area (Å²) in [5.41, 5.74) is 0.0379. The third kappa shape index (κ3) is 3.45. The van der Waals surface area contributed by atoms with Crippen molar-refractivity contribution in [3.8, 4) is 0 Å². The zero-order valence-corrected chi connectivity index (χ0v) is 11.6. The molecule has 0 amide bonds. The van der Waals surface area contributed by atoms with E-state index in [9.17, 15) is 4.79 Å². The molecule has 5 heteroatoms. The smallest absolute Gasteiger partial charge is 0.354 e. The first-order chi connectivity index (χ1) is 9.58. The predicted molar refractivity (Wildman–Crippen MR) is 78.3 cm³/mol. The molecule has 2 N–H and O–H groups in total. The molecule has 0 aliphatic rings. The Balaban J connectivity index is 2.23. The fraction of sp³-hybridized carbons (Fsp3) is 0.333. The average Bonchev–Trinajstić information content (AvgIpc) is 2.42. The van der Waals surface area contributed by atoms with Crippen LogP contribution >= 0.6 is 0 Å². The highest BCUT2D eigenvalue weighted by Gasteiger charge is 2.10. The van der Waals surface area contributed by atoms with Crippen molar-refractivity contribution in [1.29, 1.82) is 0 Å². The molecule has 0 fully saturated rings. The lowest BCUT2D eigenvalue weighted by Crippen LogP contribution is -2.15. The minimum atomic E-state index is -1.03. The van der Waals surface area contributed by atoms with Crippen LogP contribution in [0.15, 0.2) is 30.3 Å². The minimum absolute atomic E-state index is 0.0379. The lowest BCUT2D eigenvalue weighted by atomic mass is 10.1. The van der Waals surface area contributed by atoms with Gasteiger partial charge in [0, 0.05) is 11.9 Å². The molecule has 1 heterocycles. The number of fused-ring (bicyclic) bond motifs is 1. The molecule has 20 heavy (non-hydrogen) atoms. The van der Waals surface area contributed by atoms with Gasteiger partial charge in [-0.15, -0.1) is 0 Å². The number of aromatic carboxylic acids is 1. The molecular formula is C15H18N2O3. The first-order valence-corrected chi connectivity index (χ1v) is 6.56. The first kappa shape index (κ1) is 14.3. The van der Waals surface area contributed by atoms with Crippen LogP contribution in [0.4, 0.5) is 5.82 Å². The van der Waals surface area contributed by atoms with Gasteiger partial charge >= 0.3 is 5.97 Å². The Bertz CT molecular complexity index is 611. The molecule has 0 saturated heterocycles. The summed E-state index contributed by atoms with van der Waals surface area (Å²) < 4.78 is 5.45. The number of benzene rings is 1. The second kappa shape index (κ2) is 6.34. The highest BCUT2D eigenvalue weighted by atomic mass is 16.5. The Morgan fingerprint density at radius 1 is 1.40 bits per heavy atom. The molecule has 0 atom stereocenters. The summed E-state index contributed by atoms with van der Waals surface area (Å²) in [6.07, 6.45) is 0.173. The summed E-state index contributed by atoms with van der Waals surface area (Å²) >= 11 is 0. The maximum atomic E-state index is 11.1. The fourth-order valence-electron chi connectivity index (χ4n) is 1.91. The zero-order valence-electron chi connectivity index (χ0n) is 11.6. The van der Waals surface area contributed by atoms with Crippen LogP contribution in [0.25, 0.3) is 10.8 Å². The van der Waals surface area contributed by atoms with Crippen molar-refractivity contribution in [2.75, 3.05) is 18.5 Å². The molecule has 0 aliphatic carbocycles. The summed E-state index contributed by atoms with van der Waals surface area (Å²) in [6, 6.07) is 9.15. The van der Waals surface area contributed by atoms with E-state index in [0.29, 0.717) is 19.0 Å². The number of carboxylic acids is 1. The molecular weight excluding hydrogens is 256 g/mol. The molecule has 0 saturated carbocycles. The Hall–Kier alpha value is -2.14. The van der Waals surface area contributed by atoms with E-state index in [-0.39, 0.29) is 11.8 Å². The molecule has 0 bridgehead atoms. The molecule has 0 spiro atoms. The maximum Gasteiger partial charge on any atom is 0.354 e. The lowest BCUT2D eigenvalue weighted by Gasteiger charge is -2.11. The second-order valence-electron chi connectivity index (χ2n) is 4.73. The first-order valence-electron chi connectivity index (χ1n) is 6.56. The standard InChI is InChI=1S/C15H18N2O3/c1-10(2)20-8-7-16-14-12-6-4-3-5-11(12)9-13(17-14)15(18)19/h3-6,9-10H,7-8H2,1-2H3,(H,16,17)(H,18,19). The molecule has 0 unspecified atom stereocenters. The van der Waals surface area contributed by atoms with E-state index in [1.807, 2.05) is 38.1 Å². The zero-order chi connectivity index (χ0) is 14.5. The summed E-state index contributed by atoms with van der Waals surface area (Å²) in [7, 11) is 0. The number of pyridine rings is 1. The predicted octanol–water partition coefficient (Wildman–Crippen LogP) is 2.77. The molecule has 2 aromatic rings. The largest absolute Gasteiger partial charge is 0.477 e. The van der Waals surface area contributed by atoms with Gasteiger partial charge in [-0.2, -0.15) is 0 Å². The van der Waals surface area contributed by atoms with Crippen LogP contribution in [-0.4, -0.2) is 35.3 Å². The van der Waals surface area contributed by atoms with E-state index in [1.165, 1.54) is 0 Å². The van der Waals surface area contributed by atoms with Crippen LogP contribution in [0.5, 0.6) is 0 Å². The van der Waals surface area contributed by atoms with E-state index in [1.54, 1.807) is 6.07 Å². The van der Waals surface area contributed by atoms with Crippen LogP contribution < -0.4 is 5.32 Å². The van der Waals surface area contributed by atoms with Gasteiger partial charge in [-0.1, -0.05) is 24.3 Å². The normalized spacial score (nSPS) is 10.9. The lowest BCUT2D eigenvalue weighted by molar-refractivity contribution is 0.0691. The number of nitrogens with zero attached hydrogens (tertiary/aromatic N) is 1. The summed E-state index contributed by atoms with van der Waals surface area (Å²) in [5.74, 6) is -0.454. The van der Waals surface area contributed by atoms with Crippen molar-refractivity contribution in [3.63, 3.8) is 0 Å². The number of anilines is 1. The van der Waals surface area contributed by atoms with E-state index in [2.05, 4.69) is 10.3 Å². The minimum Gasteiger partial charge on any atom is -0.477 e. The topological polar surface area (TPSA) is 71.5 Å². The van der Waals surface area contributed by atoms with Crippen molar-refractivity contribution in [2.45, 2.75) is 20.0 Å². The van der Waals surface area contributed by atoms with Crippen molar-refractivity contribution in [1.82, 2.24) is 4.98 Å². The fourth-order valence-corrected chi connectivity index (χ4v) is 1.91. The number of carbonyl (C=O) groups is 1. The van der Waals surface area contributed by atoms with Crippen LogP contribution in [0, 0.1) is 0 Å². The van der Waals surface area contributed by atoms with Gasteiger partial charge in [0.1, 0.15) is 5.82 Å². The molecule has 0 radical (unpaired) electrons. The SMILES string of the molecule is CC(C)OCCNc1nc(C(=O)O)cc2ccccc12. The third-order valence-corrected chi connectivity index (χ3v) is 2.81. The van der Waals surface area contributed by atoms with E-state index in [4.69, 9.17) is 9.84 Å². The number of ether oxygens (including phenoxy) is 1. The van der Waals surface area contributed by atoms with Gasteiger partial charge < -0.3 is 15.2 Å². The van der Waals surface area contributed by atoms with Gasteiger partial charge in [-0.05, 0) is 25.3 Å². The van der Waals surface area contributed by atoms with Crippen LogP contribution in [0.3, 0.4) is 0 Å². The highest BCUT2D eigenvalue weighted by Crippen LogP contribution is 2.22.